The van der Waals surface area contributed by atoms with Gasteiger partial charge in [0, 0.05) is 19.1 Å². The van der Waals surface area contributed by atoms with Crippen LogP contribution in [0.5, 0.6) is 0 Å². The quantitative estimate of drug-likeness (QED) is 0.663. The Bertz CT molecular complexity index is 573. The van der Waals surface area contributed by atoms with E-state index in [4.69, 9.17) is 0 Å². The van der Waals surface area contributed by atoms with Gasteiger partial charge in [-0.3, -0.25) is 0 Å². The van der Waals surface area contributed by atoms with E-state index in [1.165, 1.54) is 5.56 Å². The van der Waals surface area contributed by atoms with E-state index in [1.54, 1.807) is 0 Å². The Labute approximate surface area is 94.8 Å². The van der Waals surface area contributed by atoms with Crippen molar-refractivity contribution in [2.45, 2.75) is 19.6 Å². The summed E-state index contributed by atoms with van der Waals surface area (Å²) in [6.07, 6.45) is 1.95. The normalized spacial score (nSPS) is 21.7. The minimum Gasteiger partial charge on any atom is -0.331 e. The number of benzene rings is 1. The first-order chi connectivity index (χ1) is 7.60. The second-order valence-electron chi connectivity index (χ2n) is 4.53. The number of rotatable bonds is 0. The molecule has 1 aliphatic heterocycles. The number of aromatic nitrogens is 1. The molecule has 0 amide bonds. The van der Waals surface area contributed by atoms with E-state index in [0.717, 1.165) is 16.8 Å². The van der Waals surface area contributed by atoms with Crippen LogP contribution in [0.3, 0.4) is 0 Å². The van der Waals surface area contributed by atoms with E-state index in [0.29, 0.717) is 0 Å². The fourth-order valence-electron chi connectivity index (χ4n) is 2.44. The molecule has 1 aromatic carbocycles. The van der Waals surface area contributed by atoms with Crippen molar-refractivity contribution in [3.05, 3.63) is 53.7 Å². The lowest BCUT2D eigenvalue weighted by Gasteiger charge is -2.12. The molecule has 0 aliphatic carbocycles. The lowest BCUT2D eigenvalue weighted by atomic mass is 10.0. The average Bonchev–Trinajstić information content (AvgIpc) is 2.49. The van der Waals surface area contributed by atoms with Crippen molar-refractivity contribution >= 4 is 0 Å². The van der Waals surface area contributed by atoms with Crippen LogP contribution in [0.4, 0.5) is 0 Å². The van der Waals surface area contributed by atoms with E-state index < -0.39 is 5.72 Å². The molecule has 1 atom stereocenters. The smallest absolute Gasteiger partial charge is 0.295 e. The first-order valence-corrected chi connectivity index (χ1v) is 5.46. The summed E-state index contributed by atoms with van der Waals surface area (Å²) in [4.78, 5) is 0. The predicted molar refractivity (Wildman–Crippen MR) is 61.8 cm³/mol. The molecule has 1 unspecified atom stereocenters. The molecule has 0 radical (unpaired) electrons. The van der Waals surface area contributed by atoms with Gasteiger partial charge in [0.2, 0.25) is 5.69 Å². The molecule has 2 heteroatoms. The molecule has 1 aromatic heterocycles. The number of aliphatic hydroxyl groups is 1. The summed E-state index contributed by atoms with van der Waals surface area (Å²) in [5.41, 5.74) is 3.45. The Hall–Kier alpha value is -1.67. The Morgan fingerprint density at radius 3 is 2.75 bits per heavy atom. The van der Waals surface area contributed by atoms with Crippen LogP contribution >= 0.6 is 0 Å². The zero-order chi connectivity index (χ0) is 11.3. The second-order valence-corrected chi connectivity index (χ2v) is 4.53. The lowest BCUT2D eigenvalue weighted by molar-refractivity contribution is -0.776. The van der Waals surface area contributed by atoms with Crippen molar-refractivity contribution in [1.82, 2.24) is 0 Å². The van der Waals surface area contributed by atoms with Crippen molar-refractivity contribution in [3.63, 3.8) is 0 Å². The molecule has 0 spiro atoms. The molecular weight excluding hydrogens is 198 g/mol. The number of fused-ring (bicyclic) bond motifs is 3. The summed E-state index contributed by atoms with van der Waals surface area (Å²) >= 11 is 0. The number of aryl methyl sites for hydroxylation is 1. The summed E-state index contributed by atoms with van der Waals surface area (Å²) in [7, 11) is 0. The van der Waals surface area contributed by atoms with Crippen LogP contribution < -0.4 is 4.57 Å². The fourth-order valence-corrected chi connectivity index (χ4v) is 2.44. The van der Waals surface area contributed by atoms with Crippen molar-refractivity contribution in [3.8, 4) is 11.3 Å². The lowest BCUT2D eigenvalue weighted by Crippen LogP contribution is -2.52. The van der Waals surface area contributed by atoms with E-state index in [1.807, 2.05) is 42.0 Å². The number of hydrogen-bond donors (Lipinski definition) is 1. The molecule has 2 heterocycles. The van der Waals surface area contributed by atoms with Gasteiger partial charge >= 0.3 is 0 Å². The summed E-state index contributed by atoms with van der Waals surface area (Å²) in [6.45, 7) is 3.90. The molecule has 1 aliphatic rings. The number of pyridine rings is 1. The van der Waals surface area contributed by atoms with Crippen LogP contribution in [0.2, 0.25) is 0 Å². The molecule has 1 N–H and O–H groups in total. The Morgan fingerprint density at radius 2 is 1.94 bits per heavy atom. The Kier molecular flexibility index (Phi) is 1.74. The minimum absolute atomic E-state index is 0.931. The van der Waals surface area contributed by atoms with Gasteiger partial charge < -0.3 is 5.11 Å². The molecule has 0 fully saturated rings. The maximum absolute atomic E-state index is 10.6. The molecule has 3 rings (SSSR count). The van der Waals surface area contributed by atoms with Crippen molar-refractivity contribution in [2.75, 3.05) is 0 Å². The first kappa shape index (κ1) is 9.55. The highest BCUT2D eigenvalue weighted by Gasteiger charge is 2.45. The summed E-state index contributed by atoms with van der Waals surface area (Å²) < 4.78 is 1.92. The van der Waals surface area contributed by atoms with E-state index in [-0.39, 0.29) is 0 Å². The van der Waals surface area contributed by atoms with Crippen LogP contribution in [0, 0.1) is 6.92 Å². The maximum atomic E-state index is 10.6. The van der Waals surface area contributed by atoms with Crippen LogP contribution in [0.15, 0.2) is 42.6 Å². The fraction of sp³-hybridized carbons (Fsp3) is 0.214. The Morgan fingerprint density at radius 1 is 1.19 bits per heavy atom. The summed E-state index contributed by atoms with van der Waals surface area (Å²) in [6, 6.07) is 12.1. The van der Waals surface area contributed by atoms with Crippen LogP contribution in [0.1, 0.15) is 18.1 Å². The van der Waals surface area contributed by atoms with Crippen LogP contribution in [-0.2, 0) is 5.72 Å². The summed E-state index contributed by atoms with van der Waals surface area (Å²) in [5, 5.41) is 10.6. The largest absolute Gasteiger partial charge is 0.331 e. The second kappa shape index (κ2) is 2.92. The van der Waals surface area contributed by atoms with Gasteiger partial charge in [-0.25, -0.2) is 0 Å². The first-order valence-electron chi connectivity index (χ1n) is 5.46. The third-order valence-electron chi connectivity index (χ3n) is 3.29. The highest BCUT2D eigenvalue weighted by atomic mass is 16.3. The number of nitrogens with zero attached hydrogens (tertiary/aromatic N) is 1. The molecule has 2 nitrogen and oxygen atoms in total. The highest BCUT2D eigenvalue weighted by molar-refractivity contribution is 5.65. The van der Waals surface area contributed by atoms with E-state index in [9.17, 15) is 5.11 Å². The van der Waals surface area contributed by atoms with Crippen molar-refractivity contribution in [1.29, 1.82) is 0 Å². The van der Waals surface area contributed by atoms with Crippen molar-refractivity contribution in [2.24, 2.45) is 0 Å². The highest BCUT2D eigenvalue weighted by Crippen LogP contribution is 2.35. The third kappa shape index (κ3) is 1.08. The monoisotopic (exact) mass is 212 g/mol. The van der Waals surface area contributed by atoms with Gasteiger partial charge in [0.15, 0.2) is 6.20 Å². The molecule has 0 saturated heterocycles. The molecule has 16 heavy (non-hydrogen) atoms. The molecule has 0 saturated carbocycles. The maximum Gasteiger partial charge on any atom is 0.295 e. The van der Waals surface area contributed by atoms with Gasteiger partial charge in [-0.05, 0) is 24.6 Å². The van der Waals surface area contributed by atoms with E-state index in [2.05, 4.69) is 19.1 Å². The molecule has 0 bridgehead atoms. The van der Waals surface area contributed by atoms with Gasteiger partial charge in [0.1, 0.15) is 0 Å². The zero-order valence-electron chi connectivity index (χ0n) is 9.44. The van der Waals surface area contributed by atoms with Gasteiger partial charge in [0.25, 0.3) is 5.72 Å². The van der Waals surface area contributed by atoms with Gasteiger partial charge in [0.05, 0.1) is 11.1 Å². The molecular formula is C14H14NO+. The summed E-state index contributed by atoms with van der Waals surface area (Å²) in [5.74, 6) is 0. The third-order valence-corrected chi connectivity index (χ3v) is 3.29. The zero-order valence-corrected chi connectivity index (χ0v) is 9.44. The van der Waals surface area contributed by atoms with Gasteiger partial charge in [-0.2, -0.15) is 4.57 Å². The van der Waals surface area contributed by atoms with Gasteiger partial charge in [-0.15, -0.1) is 0 Å². The minimum atomic E-state index is -0.931. The van der Waals surface area contributed by atoms with Gasteiger partial charge in [-0.1, -0.05) is 12.1 Å². The van der Waals surface area contributed by atoms with Crippen LogP contribution in [-0.4, -0.2) is 5.11 Å². The SMILES string of the molecule is Cc1cc[n+]2c(c1)-c1ccccc1C2(C)O. The van der Waals surface area contributed by atoms with Crippen LogP contribution in [0.25, 0.3) is 11.3 Å². The van der Waals surface area contributed by atoms with E-state index >= 15 is 0 Å². The standard InChI is InChI=1S/C14H14NO/c1-10-7-8-15-13(9-10)11-5-3-4-6-12(11)14(15,2)16/h3-9,16H,1-2H3/q+1. The predicted octanol–water partition coefficient (Wildman–Crippen LogP) is 1.98. The molecule has 2 aromatic rings. The number of hydrogen-bond acceptors (Lipinski definition) is 1. The topological polar surface area (TPSA) is 24.1 Å². The average molecular weight is 212 g/mol. The Balaban J connectivity index is 2.40. The van der Waals surface area contributed by atoms with Crippen molar-refractivity contribution < 1.29 is 9.67 Å². The molecule has 80 valence electrons.